The van der Waals surface area contributed by atoms with E-state index in [1.165, 1.54) is 68.9 Å². The Morgan fingerprint density at radius 3 is 2.00 bits per heavy atom. The highest BCUT2D eigenvalue weighted by Gasteiger charge is 2.07. The van der Waals surface area contributed by atoms with E-state index in [4.69, 9.17) is 5.73 Å². The van der Waals surface area contributed by atoms with E-state index < -0.39 is 0 Å². The third-order valence-corrected chi connectivity index (χ3v) is 4.44. The molecule has 0 aliphatic heterocycles. The van der Waals surface area contributed by atoms with Crippen LogP contribution in [0, 0.1) is 12.8 Å². The monoisotopic (exact) mass is 289 g/mol. The van der Waals surface area contributed by atoms with Crippen LogP contribution in [0.4, 0.5) is 0 Å². The molecule has 0 aromatic heterocycles. The molecule has 1 unspecified atom stereocenters. The van der Waals surface area contributed by atoms with E-state index in [2.05, 4.69) is 38.1 Å². The Labute approximate surface area is 132 Å². The number of hydrogen-bond donors (Lipinski definition) is 1. The molecule has 120 valence electrons. The van der Waals surface area contributed by atoms with Gasteiger partial charge in [-0.15, -0.1) is 0 Å². The molecule has 0 fully saturated rings. The molecule has 21 heavy (non-hydrogen) atoms. The molecule has 0 bridgehead atoms. The van der Waals surface area contributed by atoms with Crippen molar-refractivity contribution < 1.29 is 0 Å². The van der Waals surface area contributed by atoms with Gasteiger partial charge in [-0.05, 0) is 37.8 Å². The van der Waals surface area contributed by atoms with Crippen LogP contribution in [0.2, 0.25) is 0 Å². The Morgan fingerprint density at radius 1 is 0.857 bits per heavy atom. The van der Waals surface area contributed by atoms with Crippen molar-refractivity contribution in [2.75, 3.05) is 6.54 Å². The molecule has 0 saturated carbocycles. The fourth-order valence-electron chi connectivity index (χ4n) is 2.93. The number of unbranched alkanes of at least 4 members (excludes halogenated alkanes) is 7. The second kappa shape index (κ2) is 11.8. The molecule has 0 spiro atoms. The lowest BCUT2D eigenvalue weighted by molar-refractivity contribution is 0.455. The predicted molar refractivity (Wildman–Crippen MR) is 94.7 cm³/mol. The highest BCUT2D eigenvalue weighted by molar-refractivity contribution is 5.21. The lowest BCUT2D eigenvalue weighted by atomic mass is 9.93. The van der Waals surface area contributed by atoms with Gasteiger partial charge in [0.25, 0.3) is 0 Å². The van der Waals surface area contributed by atoms with E-state index >= 15 is 0 Å². The van der Waals surface area contributed by atoms with Crippen molar-refractivity contribution in [2.45, 2.75) is 78.1 Å². The molecule has 0 aliphatic carbocycles. The summed E-state index contributed by atoms with van der Waals surface area (Å²) in [6.45, 7) is 5.25. The van der Waals surface area contributed by atoms with Crippen molar-refractivity contribution in [3.05, 3.63) is 35.4 Å². The second-order valence-corrected chi connectivity index (χ2v) is 6.55. The van der Waals surface area contributed by atoms with Crippen LogP contribution in [0.3, 0.4) is 0 Å². The molecule has 1 aromatic carbocycles. The molecule has 0 aliphatic rings. The first-order chi connectivity index (χ1) is 10.3. The van der Waals surface area contributed by atoms with Gasteiger partial charge < -0.3 is 5.73 Å². The van der Waals surface area contributed by atoms with E-state index in [0.717, 1.165) is 13.0 Å². The van der Waals surface area contributed by atoms with Gasteiger partial charge in [0.15, 0.2) is 0 Å². The predicted octanol–water partition coefficient (Wildman–Crippen LogP) is 5.64. The zero-order valence-electron chi connectivity index (χ0n) is 14.2. The van der Waals surface area contributed by atoms with Crippen molar-refractivity contribution >= 4 is 0 Å². The third kappa shape index (κ3) is 8.93. The van der Waals surface area contributed by atoms with Crippen LogP contribution in [0.5, 0.6) is 0 Å². The van der Waals surface area contributed by atoms with Gasteiger partial charge in [-0.2, -0.15) is 0 Å². The van der Waals surface area contributed by atoms with Crippen molar-refractivity contribution in [1.82, 2.24) is 0 Å². The summed E-state index contributed by atoms with van der Waals surface area (Å²) < 4.78 is 0. The number of aryl methyl sites for hydroxylation is 1. The van der Waals surface area contributed by atoms with Crippen LogP contribution in [-0.2, 0) is 6.42 Å². The zero-order valence-corrected chi connectivity index (χ0v) is 14.2. The van der Waals surface area contributed by atoms with Crippen LogP contribution in [0.1, 0.15) is 75.8 Å². The van der Waals surface area contributed by atoms with E-state index in [9.17, 15) is 0 Å². The first-order valence-corrected chi connectivity index (χ1v) is 9.02. The lowest BCUT2D eigenvalue weighted by Crippen LogP contribution is -2.16. The molecule has 1 aromatic rings. The smallest absolute Gasteiger partial charge is 0.00457 e. The van der Waals surface area contributed by atoms with Gasteiger partial charge in [-0.3, -0.25) is 0 Å². The molecule has 1 atom stereocenters. The SMILES string of the molecule is CCCCCCCCCCC(CN)Cc1ccc(C)cc1. The summed E-state index contributed by atoms with van der Waals surface area (Å²) in [6, 6.07) is 8.93. The van der Waals surface area contributed by atoms with Crippen LogP contribution in [0.15, 0.2) is 24.3 Å². The summed E-state index contributed by atoms with van der Waals surface area (Å²) in [5.74, 6) is 0.660. The summed E-state index contributed by atoms with van der Waals surface area (Å²) in [5, 5.41) is 0. The fourth-order valence-corrected chi connectivity index (χ4v) is 2.93. The maximum absolute atomic E-state index is 5.95. The molecular formula is C20H35N. The number of rotatable bonds is 12. The van der Waals surface area contributed by atoms with Crippen molar-refractivity contribution in [2.24, 2.45) is 11.7 Å². The average molecular weight is 290 g/mol. The first kappa shape index (κ1) is 18.2. The quantitative estimate of drug-likeness (QED) is 0.495. The zero-order chi connectivity index (χ0) is 15.3. The summed E-state index contributed by atoms with van der Waals surface area (Å²) in [7, 11) is 0. The summed E-state index contributed by atoms with van der Waals surface area (Å²) in [4.78, 5) is 0. The Morgan fingerprint density at radius 2 is 1.43 bits per heavy atom. The minimum Gasteiger partial charge on any atom is -0.330 e. The Bertz CT molecular complexity index is 341. The van der Waals surface area contributed by atoms with Gasteiger partial charge in [0.05, 0.1) is 0 Å². The van der Waals surface area contributed by atoms with Gasteiger partial charge in [0.2, 0.25) is 0 Å². The van der Waals surface area contributed by atoms with Gasteiger partial charge in [-0.25, -0.2) is 0 Å². The molecule has 0 amide bonds. The maximum Gasteiger partial charge on any atom is -0.00457 e. The van der Waals surface area contributed by atoms with E-state index in [0.29, 0.717) is 5.92 Å². The van der Waals surface area contributed by atoms with E-state index in [1.54, 1.807) is 0 Å². The van der Waals surface area contributed by atoms with Crippen LogP contribution < -0.4 is 5.73 Å². The summed E-state index contributed by atoms with van der Waals surface area (Å²) in [6.07, 6.45) is 13.6. The van der Waals surface area contributed by atoms with Crippen molar-refractivity contribution in [3.63, 3.8) is 0 Å². The molecule has 0 radical (unpaired) electrons. The normalized spacial score (nSPS) is 12.5. The highest BCUT2D eigenvalue weighted by atomic mass is 14.5. The topological polar surface area (TPSA) is 26.0 Å². The molecular weight excluding hydrogens is 254 g/mol. The Hall–Kier alpha value is -0.820. The van der Waals surface area contributed by atoms with Crippen LogP contribution in [0.25, 0.3) is 0 Å². The molecule has 1 nitrogen and oxygen atoms in total. The Kier molecular flexibility index (Phi) is 10.2. The largest absolute Gasteiger partial charge is 0.330 e. The van der Waals surface area contributed by atoms with Crippen molar-refractivity contribution in [1.29, 1.82) is 0 Å². The van der Waals surface area contributed by atoms with Gasteiger partial charge in [0, 0.05) is 0 Å². The number of benzene rings is 1. The minimum atomic E-state index is 0.660. The summed E-state index contributed by atoms with van der Waals surface area (Å²) in [5.41, 5.74) is 8.73. The van der Waals surface area contributed by atoms with Crippen LogP contribution in [-0.4, -0.2) is 6.54 Å². The van der Waals surface area contributed by atoms with Gasteiger partial charge >= 0.3 is 0 Å². The number of nitrogens with two attached hydrogens (primary N) is 1. The molecule has 2 N–H and O–H groups in total. The highest BCUT2D eigenvalue weighted by Crippen LogP contribution is 2.17. The first-order valence-electron chi connectivity index (χ1n) is 9.02. The van der Waals surface area contributed by atoms with E-state index in [-0.39, 0.29) is 0 Å². The van der Waals surface area contributed by atoms with Crippen LogP contribution >= 0.6 is 0 Å². The standard InChI is InChI=1S/C20H35N/c1-3-4-5-6-7-8-9-10-11-20(17-21)16-19-14-12-18(2)13-15-19/h12-15,20H,3-11,16-17,21H2,1-2H3. The lowest BCUT2D eigenvalue weighted by Gasteiger charge is -2.15. The average Bonchev–Trinajstić information content (AvgIpc) is 2.50. The Balaban J connectivity index is 2.09. The number of hydrogen-bond acceptors (Lipinski definition) is 1. The summed E-state index contributed by atoms with van der Waals surface area (Å²) >= 11 is 0. The minimum absolute atomic E-state index is 0.660. The molecule has 1 rings (SSSR count). The second-order valence-electron chi connectivity index (χ2n) is 6.55. The molecule has 0 heterocycles. The fraction of sp³-hybridized carbons (Fsp3) is 0.700. The molecule has 0 saturated heterocycles. The molecule has 1 heteroatoms. The van der Waals surface area contributed by atoms with Crippen molar-refractivity contribution in [3.8, 4) is 0 Å². The van der Waals surface area contributed by atoms with Gasteiger partial charge in [0.1, 0.15) is 0 Å². The maximum atomic E-state index is 5.95. The van der Waals surface area contributed by atoms with E-state index in [1.807, 2.05) is 0 Å². The third-order valence-electron chi connectivity index (χ3n) is 4.44. The van der Waals surface area contributed by atoms with Gasteiger partial charge in [-0.1, -0.05) is 88.1 Å².